The number of hydrogen-bond donors (Lipinski definition) is 2. The van der Waals surface area contributed by atoms with Crippen molar-refractivity contribution < 1.29 is 14.6 Å². The molecule has 0 aromatic heterocycles. The van der Waals surface area contributed by atoms with E-state index in [2.05, 4.69) is 0 Å². The van der Waals surface area contributed by atoms with Crippen molar-refractivity contribution in [1.82, 2.24) is 0 Å². The Hall–Kier alpha value is -2.33. The molecule has 20 heavy (non-hydrogen) atoms. The Kier molecular flexibility index (Phi) is 4.38. The van der Waals surface area contributed by atoms with Gasteiger partial charge in [-0.25, -0.2) is 0 Å². The Labute approximate surface area is 117 Å². The van der Waals surface area contributed by atoms with Crippen LogP contribution in [0.25, 0.3) is 0 Å². The maximum absolute atomic E-state index is 10.6. The van der Waals surface area contributed by atoms with Crippen LogP contribution in [0.2, 0.25) is 0 Å². The SMILES string of the molecule is Cc1ccc(Oc2ccc([C@@H](N)CC(=O)O)cc2)cc1. The molecule has 4 heteroatoms. The van der Waals surface area contributed by atoms with Crippen LogP contribution in [0.4, 0.5) is 0 Å². The van der Waals surface area contributed by atoms with E-state index in [1.54, 1.807) is 24.3 Å². The summed E-state index contributed by atoms with van der Waals surface area (Å²) in [6.45, 7) is 2.02. The van der Waals surface area contributed by atoms with Gasteiger partial charge < -0.3 is 15.6 Å². The van der Waals surface area contributed by atoms with Gasteiger partial charge in [0.2, 0.25) is 0 Å². The van der Waals surface area contributed by atoms with Crippen molar-refractivity contribution in [1.29, 1.82) is 0 Å². The van der Waals surface area contributed by atoms with Gasteiger partial charge in [0, 0.05) is 6.04 Å². The molecular formula is C16H17NO3. The summed E-state index contributed by atoms with van der Waals surface area (Å²) in [6.07, 6.45) is -0.0852. The van der Waals surface area contributed by atoms with Gasteiger partial charge in [-0.3, -0.25) is 4.79 Å². The number of carboxylic acids is 1. The third kappa shape index (κ3) is 3.83. The van der Waals surface area contributed by atoms with E-state index in [9.17, 15) is 4.79 Å². The zero-order chi connectivity index (χ0) is 14.5. The lowest BCUT2D eigenvalue weighted by molar-refractivity contribution is -0.137. The molecular weight excluding hydrogens is 254 g/mol. The molecule has 0 fully saturated rings. The first-order valence-electron chi connectivity index (χ1n) is 6.36. The molecule has 0 bridgehead atoms. The molecule has 2 aromatic carbocycles. The third-order valence-electron chi connectivity index (χ3n) is 2.96. The van der Waals surface area contributed by atoms with Crippen molar-refractivity contribution >= 4 is 5.97 Å². The Morgan fingerprint density at radius 2 is 1.60 bits per heavy atom. The average Bonchev–Trinajstić information content (AvgIpc) is 2.41. The van der Waals surface area contributed by atoms with Crippen LogP contribution in [0.3, 0.4) is 0 Å². The summed E-state index contributed by atoms with van der Waals surface area (Å²) in [6, 6.07) is 14.4. The van der Waals surface area contributed by atoms with Crippen molar-refractivity contribution in [3.05, 3.63) is 59.7 Å². The van der Waals surface area contributed by atoms with E-state index in [0.29, 0.717) is 5.75 Å². The van der Waals surface area contributed by atoms with Crippen LogP contribution in [-0.4, -0.2) is 11.1 Å². The Morgan fingerprint density at radius 3 is 2.10 bits per heavy atom. The van der Waals surface area contributed by atoms with Crippen molar-refractivity contribution in [2.45, 2.75) is 19.4 Å². The van der Waals surface area contributed by atoms with E-state index in [1.165, 1.54) is 5.56 Å². The van der Waals surface area contributed by atoms with Crippen LogP contribution in [0.1, 0.15) is 23.6 Å². The van der Waals surface area contributed by atoms with Crippen LogP contribution in [0, 0.1) is 6.92 Å². The first-order chi connectivity index (χ1) is 9.54. The first-order valence-corrected chi connectivity index (χ1v) is 6.36. The summed E-state index contributed by atoms with van der Waals surface area (Å²) in [5.41, 5.74) is 7.75. The van der Waals surface area contributed by atoms with Crippen molar-refractivity contribution in [3.63, 3.8) is 0 Å². The second kappa shape index (κ2) is 6.21. The van der Waals surface area contributed by atoms with E-state index in [0.717, 1.165) is 11.3 Å². The number of aliphatic carboxylic acids is 1. The zero-order valence-corrected chi connectivity index (χ0v) is 11.2. The summed E-state index contributed by atoms with van der Waals surface area (Å²) in [4.78, 5) is 10.6. The molecule has 2 rings (SSSR count). The van der Waals surface area contributed by atoms with Crippen molar-refractivity contribution in [3.8, 4) is 11.5 Å². The maximum Gasteiger partial charge on any atom is 0.305 e. The first kappa shape index (κ1) is 14.1. The lowest BCUT2D eigenvalue weighted by Gasteiger charge is -2.11. The van der Waals surface area contributed by atoms with E-state index >= 15 is 0 Å². The number of hydrogen-bond acceptors (Lipinski definition) is 3. The summed E-state index contributed by atoms with van der Waals surface area (Å²) < 4.78 is 5.69. The third-order valence-corrected chi connectivity index (χ3v) is 2.96. The molecule has 0 unspecified atom stereocenters. The Balaban J connectivity index is 2.04. The topological polar surface area (TPSA) is 72.5 Å². The van der Waals surface area contributed by atoms with Gasteiger partial charge >= 0.3 is 5.97 Å². The normalized spacial score (nSPS) is 11.9. The highest BCUT2D eigenvalue weighted by atomic mass is 16.5. The van der Waals surface area contributed by atoms with Gasteiger partial charge in [-0.1, -0.05) is 29.8 Å². The fourth-order valence-electron chi connectivity index (χ4n) is 1.83. The van der Waals surface area contributed by atoms with Gasteiger partial charge in [-0.2, -0.15) is 0 Å². The summed E-state index contributed by atoms with van der Waals surface area (Å²) in [5.74, 6) is 0.552. The fourth-order valence-corrected chi connectivity index (χ4v) is 1.83. The monoisotopic (exact) mass is 271 g/mol. The number of carbonyl (C=O) groups is 1. The number of ether oxygens (including phenoxy) is 1. The molecule has 0 saturated carbocycles. The predicted molar refractivity (Wildman–Crippen MR) is 76.9 cm³/mol. The molecule has 0 aliphatic heterocycles. The van der Waals surface area contributed by atoms with Crippen molar-refractivity contribution in [2.75, 3.05) is 0 Å². The minimum Gasteiger partial charge on any atom is -0.481 e. The van der Waals surface area contributed by atoms with Crippen LogP contribution >= 0.6 is 0 Å². The molecule has 2 aromatic rings. The molecule has 0 saturated heterocycles. The number of rotatable bonds is 5. The molecule has 0 heterocycles. The van der Waals surface area contributed by atoms with E-state index in [4.69, 9.17) is 15.6 Å². The lowest BCUT2D eigenvalue weighted by Crippen LogP contribution is -2.14. The molecule has 3 N–H and O–H groups in total. The van der Waals surface area contributed by atoms with E-state index in [-0.39, 0.29) is 6.42 Å². The maximum atomic E-state index is 10.6. The van der Waals surface area contributed by atoms with E-state index in [1.807, 2.05) is 31.2 Å². The summed E-state index contributed by atoms with van der Waals surface area (Å²) in [7, 11) is 0. The molecule has 0 amide bonds. The van der Waals surface area contributed by atoms with Gasteiger partial charge in [0.25, 0.3) is 0 Å². The second-order valence-corrected chi connectivity index (χ2v) is 4.69. The summed E-state index contributed by atoms with van der Waals surface area (Å²) in [5, 5.41) is 8.71. The average molecular weight is 271 g/mol. The lowest BCUT2D eigenvalue weighted by atomic mass is 10.0. The minimum atomic E-state index is -0.905. The predicted octanol–water partition coefficient (Wildman–Crippen LogP) is 3.26. The second-order valence-electron chi connectivity index (χ2n) is 4.69. The van der Waals surface area contributed by atoms with Crippen LogP contribution < -0.4 is 10.5 Å². The number of nitrogens with two attached hydrogens (primary N) is 1. The zero-order valence-electron chi connectivity index (χ0n) is 11.2. The summed E-state index contributed by atoms with van der Waals surface area (Å²) >= 11 is 0. The number of carboxylic acid groups (broad SMARTS) is 1. The van der Waals surface area contributed by atoms with Gasteiger partial charge in [0.15, 0.2) is 0 Å². The largest absolute Gasteiger partial charge is 0.481 e. The van der Waals surface area contributed by atoms with Crippen LogP contribution in [0.5, 0.6) is 11.5 Å². The smallest absolute Gasteiger partial charge is 0.305 e. The van der Waals surface area contributed by atoms with Gasteiger partial charge in [0.05, 0.1) is 6.42 Å². The minimum absolute atomic E-state index is 0.0852. The Morgan fingerprint density at radius 1 is 1.10 bits per heavy atom. The molecule has 0 radical (unpaired) electrons. The highest BCUT2D eigenvalue weighted by Crippen LogP contribution is 2.24. The number of benzene rings is 2. The van der Waals surface area contributed by atoms with Crippen molar-refractivity contribution in [2.24, 2.45) is 5.73 Å². The molecule has 4 nitrogen and oxygen atoms in total. The van der Waals surface area contributed by atoms with Gasteiger partial charge in [0.1, 0.15) is 11.5 Å². The quantitative estimate of drug-likeness (QED) is 0.875. The highest BCUT2D eigenvalue weighted by molar-refractivity contribution is 5.67. The number of aryl methyl sites for hydroxylation is 1. The van der Waals surface area contributed by atoms with Crippen LogP contribution in [0.15, 0.2) is 48.5 Å². The fraction of sp³-hybridized carbons (Fsp3) is 0.188. The molecule has 1 atom stereocenters. The highest BCUT2D eigenvalue weighted by Gasteiger charge is 2.10. The van der Waals surface area contributed by atoms with E-state index < -0.39 is 12.0 Å². The molecule has 0 spiro atoms. The molecule has 0 aliphatic rings. The standard InChI is InChI=1S/C16H17NO3/c1-11-2-6-13(7-3-11)20-14-8-4-12(5-9-14)15(17)10-16(18)19/h2-9,15H,10,17H2,1H3,(H,18,19)/t15-/m0/s1. The van der Waals surface area contributed by atoms with Gasteiger partial charge in [-0.05, 0) is 36.8 Å². The molecule has 104 valence electrons. The van der Waals surface area contributed by atoms with Gasteiger partial charge in [-0.15, -0.1) is 0 Å². The molecule has 0 aliphatic carbocycles. The van der Waals surface area contributed by atoms with Crippen LogP contribution in [-0.2, 0) is 4.79 Å². The Bertz CT molecular complexity index is 576.